The van der Waals surface area contributed by atoms with E-state index in [1.54, 1.807) is 25.4 Å². The first-order valence-corrected chi connectivity index (χ1v) is 12.3. The first kappa shape index (κ1) is 22.1. The van der Waals surface area contributed by atoms with E-state index in [0.717, 1.165) is 17.6 Å². The number of nitrogens with zero attached hydrogens (tertiary/aromatic N) is 4. The lowest BCUT2D eigenvalue weighted by atomic mass is 9.72. The van der Waals surface area contributed by atoms with Crippen LogP contribution in [0.5, 0.6) is 5.75 Å². The molecule has 0 saturated heterocycles. The molecule has 1 spiro atoms. The standard InChI is InChI=1S/C25H31N7O3/c1-35-20-6-15(23(34)29-17-7-18(33)8-17)2-3-16(20)13-32-21-19(12-28-32)30-24(26)31-22(21)27-11-14-9-25(10-14)4-5-25/h2-3,6,12,14,17-18,33H,4-5,7-11,13H2,1H3,(H,29,34)(H3,26,27,30,31). The van der Waals surface area contributed by atoms with Crippen LogP contribution in [0.25, 0.3) is 11.0 Å². The first-order chi connectivity index (χ1) is 16.9. The maximum atomic E-state index is 12.6. The van der Waals surface area contributed by atoms with Crippen molar-refractivity contribution in [2.45, 2.75) is 57.2 Å². The zero-order valence-corrected chi connectivity index (χ0v) is 19.8. The highest BCUT2D eigenvalue weighted by Gasteiger charge is 2.52. The highest BCUT2D eigenvalue weighted by Crippen LogP contribution is 2.63. The molecule has 0 bridgehead atoms. The van der Waals surface area contributed by atoms with Gasteiger partial charge in [0.05, 0.1) is 26.0 Å². The van der Waals surface area contributed by atoms with Crippen molar-refractivity contribution in [3.05, 3.63) is 35.5 Å². The highest BCUT2D eigenvalue weighted by atomic mass is 16.5. The van der Waals surface area contributed by atoms with Gasteiger partial charge in [-0.1, -0.05) is 6.07 Å². The minimum atomic E-state index is -0.316. The number of hydrogen-bond acceptors (Lipinski definition) is 8. The molecule has 1 amide bonds. The van der Waals surface area contributed by atoms with Crippen LogP contribution in [0.2, 0.25) is 0 Å². The summed E-state index contributed by atoms with van der Waals surface area (Å²) >= 11 is 0. The fraction of sp³-hybridized carbons (Fsp3) is 0.520. The summed E-state index contributed by atoms with van der Waals surface area (Å²) in [5, 5.41) is 20.4. The van der Waals surface area contributed by atoms with Crippen LogP contribution >= 0.6 is 0 Å². The molecule has 2 aromatic heterocycles. The van der Waals surface area contributed by atoms with Crippen molar-refractivity contribution in [2.24, 2.45) is 11.3 Å². The van der Waals surface area contributed by atoms with Gasteiger partial charge in [-0.15, -0.1) is 0 Å². The summed E-state index contributed by atoms with van der Waals surface area (Å²) < 4.78 is 7.45. The molecule has 0 unspecified atom stereocenters. The quantitative estimate of drug-likeness (QED) is 0.387. The SMILES string of the molecule is COc1cc(C(=O)NC2CC(O)C2)ccc1Cn1ncc2nc(N)nc(NCC3CC4(CC4)C3)c21. The maximum absolute atomic E-state index is 12.6. The third kappa shape index (κ3) is 4.27. The van der Waals surface area contributed by atoms with Crippen molar-refractivity contribution in [3.63, 3.8) is 0 Å². The molecule has 3 fully saturated rings. The van der Waals surface area contributed by atoms with Crippen LogP contribution in [0.1, 0.15) is 54.4 Å². The summed E-state index contributed by atoms with van der Waals surface area (Å²) in [7, 11) is 1.59. The van der Waals surface area contributed by atoms with Gasteiger partial charge in [-0.2, -0.15) is 10.1 Å². The second-order valence-corrected chi connectivity index (χ2v) is 10.4. The zero-order chi connectivity index (χ0) is 24.2. The van der Waals surface area contributed by atoms with Crippen molar-refractivity contribution in [1.82, 2.24) is 25.1 Å². The Morgan fingerprint density at radius 1 is 1.29 bits per heavy atom. The Bertz CT molecular complexity index is 1270. The Kier molecular flexibility index (Phi) is 5.28. The van der Waals surface area contributed by atoms with Gasteiger partial charge < -0.3 is 26.2 Å². The molecule has 5 N–H and O–H groups in total. The number of fused-ring (bicyclic) bond motifs is 1. The number of ether oxygens (including phenoxy) is 1. The molecule has 0 aliphatic heterocycles. The largest absolute Gasteiger partial charge is 0.496 e. The van der Waals surface area contributed by atoms with Crippen molar-refractivity contribution < 1.29 is 14.6 Å². The summed E-state index contributed by atoms with van der Waals surface area (Å²) in [6.07, 6.45) is 7.92. The predicted molar refractivity (Wildman–Crippen MR) is 131 cm³/mol. The van der Waals surface area contributed by atoms with Gasteiger partial charge in [0.15, 0.2) is 5.82 Å². The van der Waals surface area contributed by atoms with Crippen LogP contribution in [0, 0.1) is 11.3 Å². The molecule has 3 aromatic rings. The predicted octanol–water partition coefficient (Wildman–Crippen LogP) is 2.32. The smallest absolute Gasteiger partial charge is 0.251 e. The number of anilines is 2. The molecule has 184 valence electrons. The summed E-state index contributed by atoms with van der Waals surface area (Å²) in [5.74, 6) is 2.01. The van der Waals surface area contributed by atoms with Crippen LogP contribution < -0.4 is 21.1 Å². The van der Waals surface area contributed by atoms with Gasteiger partial charge in [0.2, 0.25) is 5.95 Å². The van der Waals surface area contributed by atoms with E-state index in [1.165, 1.54) is 25.7 Å². The number of nitrogens with one attached hydrogen (secondary N) is 2. The number of carbonyl (C=O) groups is 1. The van der Waals surface area contributed by atoms with Crippen LogP contribution in [-0.2, 0) is 6.54 Å². The summed E-state index contributed by atoms with van der Waals surface area (Å²) in [6.45, 7) is 1.29. The summed E-state index contributed by atoms with van der Waals surface area (Å²) in [6, 6.07) is 5.42. The molecule has 10 nitrogen and oxygen atoms in total. The number of aliphatic hydroxyl groups excluding tert-OH is 1. The van der Waals surface area contributed by atoms with E-state index in [1.807, 2.05) is 10.7 Å². The van der Waals surface area contributed by atoms with Gasteiger partial charge in [0, 0.05) is 23.7 Å². The molecule has 6 rings (SSSR count). The number of benzene rings is 1. The first-order valence-electron chi connectivity index (χ1n) is 12.3. The Morgan fingerprint density at radius 3 is 2.80 bits per heavy atom. The van der Waals surface area contributed by atoms with Gasteiger partial charge in [0.25, 0.3) is 5.91 Å². The number of aliphatic hydroxyl groups is 1. The highest BCUT2D eigenvalue weighted by molar-refractivity contribution is 5.95. The lowest BCUT2D eigenvalue weighted by molar-refractivity contribution is 0.0562. The second-order valence-electron chi connectivity index (χ2n) is 10.4. The van der Waals surface area contributed by atoms with Gasteiger partial charge in [-0.05, 0) is 62.0 Å². The second kappa shape index (κ2) is 8.37. The Morgan fingerprint density at radius 2 is 2.09 bits per heavy atom. The molecule has 10 heteroatoms. The van der Waals surface area contributed by atoms with Crippen molar-refractivity contribution >= 4 is 28.7 Å². The average molecular weight is 478 g/mol. The molecule has 0 atom stereocenters. The number of methoxy groups -OCH3 is 1. The lowest BCUT2D eigenvalue weighted by Crippen LogP contribution is -2.46. The Labute approximate surface area is 203 Å². The minimum absolute atomic E-state index is 0.0201. The van der Waals surface area contributed by atoms with Crippen LogP contribution in [0.4, 0.5) is 11.8 Å². The molecule has 0 radical (unpaired) electrons. The lowest BCUT2D eigenvalue weighted by Gasteiger charge is -2.36. The van der Waals surface area contributed by atoms with Crippen molar-refractivity contribution in [2.75, 3.05) is 24.7 Å². The number of rotatable bonds is 8. The molecule has 3 aliphatic carbocycles. The molecule has 2 heterocycles. The third-order valence-corrected chi connectivity index (χ3v) is 7.78. The molecular weight excluding hydrogens is 446 g/mol. The normalized spacial score (nSPS) is 22.5. The average Bonchev–Trinajstić information content (AvgIpc) is 3.50. The van der Waals surface area contributed by atoms with E-state index in [9.17, 15) is 9.90 Å². The van der Waals surface area contributed by atoms with E-state index in [-0.39, 0.29) is 24.0 Å². The summed E-state index contributed by atoms with van der Waals surface area (Å²) in [5.41, 5.74) is 9.51. The van der Waals surface area contributed by atoms with Gasteiger partial charge in [-0.25, -0.2) is 4.98 Å². The molecule has 3 aliphatic rings. The van der Waals surface area contributed by atoms with E-state index in [2.05, 4.69) is 25.7 Å². The minimum Gasteiger partial charge on any atom is -0.496 e. The third-order valence-electron chi connectivity index (χ3n) is 7.78. The van der Waals surface area contributed by atoms with Crippen molar-refractivity contribution in [1.29, 1.82) is 0 Å². The molecular formula is C25H31N7O3. The Hall–Kier alpha value is -3.40. The van der Waals surface area contributed by atoms with Crippen molar-refractivity contribution in [3.8, 4) is 5.75 Å². The Balaban J connectivity index is 1.21. The fourth-order valence-corrected chi connectivity index (χ4v) is 5.55. The van der Waals surface area contributed by atoms with Crippen LogP contribution in [0.15, 0.2) is 24.4 Å². The van der Waals surface area contributed by atoms with Crippen LogP contribution in [-0.4, -0.2) is 56.6 Å². The molecule has 3 saturated carbocycles. The molecule has 35 heavy (non-hydrogen) atoms. The van der Waals surface area contributed by atoms with Gasteiger partial charge in [0.1, 0.15) is 16.8 Å². The zero-order valence-electron chi connectivity index (χ0n) is 19.8. The number of aromatic nitrogens is 4. The number of amides is 1. The van der Waals surface area contributed by atoms with E-state index in [0.29, 0.717) is 53.4 Å². The summed E-state index contributed by atoms with van der Waals surface area (Å²) in [4.78, 5) is 21.4. The number of nitrogen functional groups attached to an aromatic ring is 1. The van der Waals surface area contributed by atoms with Gasteiger partial charge in [-0.3, -0.25) is 9.48 Å². The monoisotopic (exact) mass is 477 g/mol. The van der Waals surface area contributed by atoms with E-state index >= 15 is 0 Å². The number of carbonyl (C=O) groups excluding carboxylic acids is 1. The maximum Gasteiger partial charge on any atom is 0.251 e. The van der Waals surface area contributed by atoms with E-state index in [4.69, 9.17) is 10.5 Å². The number of nitrogens with two attached hydrogens (primary N) is 1. The molecule has 1 aromatic carbocycles. The van der Waals surface area contributed by atoms with E-state index < -0.39 is 0 Å². The topological polar surface area (TPSA) is 140 Å². The number of hydrogen-bond donors (Lipinski definition) is 4. The van der Waals surface area contributed by atoms with Crippen LogP contribution in [0.3, 0.4) is 0 Å². The fourth-order valence-electron chi connectivity index (χ4n) is 5.55. The van der Waals surface area contributed by atoms with Gasteiger partial charge >= 0.3 is 0 Å².